The number of halogens is 1. The van der Waals surface area contributed by atoms with Crippen LogP contribution in [-0.4, -0.2) is 30.7 Å². The van der Waals surface area contributed by atoms with Crippen molar-refractivity contribution in [3.63, 3.8) is 0 Å². The molecule has 3 heteroatoms. The molecule has 3 rings (SSSR count). The Bertz CT molecular complexity index is 326. The van der Waals surface area contributed by atoms with Crippen LogP contribution < -0.4 is 0 Å². The van der Waals surface area contributed by atoms with Crippen molar-refractivity contribution in [3.8, 4) is 0 Å². The zero-order chi connectivity index (χ0) is 16.2. The topological polar surface area (TPSA) is 3.24 Å². The Morgan fingerprint density at radius 1 is 0.875 bits per heavy atom. The number of rotatable bonds is 4. The third-order valence-electron chi connectivity index (χ3n) is 7.44. The molecule has 3 fully saturated rings. The highest BCUT2D eigenvalue weighted by molar-refractivity contribution is 7.59. The maximum Gasteiger partial charge on any atom is 0.100 e. The molecule has 2 atom stereocenters. The normalized spacial score (nSPS) is 39.9. The molecule has 142 valence electrons. The van der Waals surface area contributed by atoms with Crippen LogP contribution in [-0.2, 0) is 0 Å². The quantitative estimate of drug-likeness (QED) is 0.601. The third-order valence-corrected chi connectivity index (χ3v) is 7.44. The zero-order valence-corrected chi connectivity index (χ0v) is 17.0. The van der Waals surface area contributed by atoms with E-state index < -0.39 is 6.17 Å². The van der Waals surface area contributed by atoms with E-state index in [0.29, 0.717) is 0 Å². The zero-order valence-electron chi connectivity index (χ0n) is 16.0. The maximum atomic E-state index is 13.6. The van der Waals surface area contributed by atoms with Crippen molar-refractivity contribution >= 4 is 13.5 Å². The molecule has 1 nitrogen and oxygen atoms in total. The van der Waals surface area contributed by atoms with Crippen molar-refractivity contribution in [2.45, 2.75) is 96.2 Å². The highest BCUT2D eigenvalue weighted by Gasteiger charge is 2.36. The number of hydrogen-bond donors (Lipinski definition) is 0. The van der Waals surface area contributed by atoms with E-state index in [4.69, 9.17) is 0 Å². The lowest BCUT2D eigenvalue weighted by molar-refractivity contribution is 0.0624. The molecule has 0 aromatic heterocycles. The van der Waals surface area contributed by atoms with E-state index in [-0.39, 0.29) is 13.5 Å². The first-order valence-electron chi connectivity index (χ1n) is 10.5. The minimum absolute atomic E-state index is 0. The van der Waals surface area contributed by atoms with Crippen LogP contribution in [0.1, 0.15) is 84.0 Å². The second-order valence-electron chi connectivity index (χ2n) is 9.06. The highest BCUT2D eigenvalue weighted by atomic mass is 32.1. The van der Waals surface area contributed by atoms with Crippen molar-refractivity contribution in [3.05, 3.63) is 0 Å². The minimum Gasteiger partial charge on any atom is -0.303 e. The standard InChI is InChI=1S/C21H38FN.H2S/c1-16-6-8-17(9-7-16)21(18-10-12-19(22)13-11-18)15-20-5-3-4-14-23(20)2;/h16-21H,3-15H2,1-2H3;1H2. The van der Waals surface area contributed by atoms with Crippen molar-refractivity contribution < 1.29 is 4.39 Å². The first-order chi connectivity index (χ1) is 11.1. The van der Waals surface area contributed by atoms with Crippen LogP contribution in [0.5, 0.6) is 0 Å². The molecular weight excluding hydrogens is 317 g/mol. The summed E-state index contributed by atoms with van der Waals surface area (Å²) in [4.78, 5) is 2.63. The molecule has 1 aliphatic heterocycles. The van der Waals surface area contributed by atoms with Gasteiger partial charge < -0.3 is 4.90 Å². The molecule has 24 heavy (non-hydrogen) atoms. The Kier molecular flexibility index (Phi) is 8.40. The predicted molar refractivity (Wildman–Crippen MR) is 107 cm³/mol. The van der Waals surface area contributed by atoms with Gasteiger partial charge in [-0.15, -0.1) is 0 Å². The van der Waals surface area contributed by atoms with Crippen molar-refractivity contribution in [1.82, 2.24) is 4.90 Å². The largest absolute Gasteiger partial charge is 0.303 e. The molecule has 0 spiro atoms. The molecule has 3 aliphatic rings. The SMILES string of the molecule is CC1CCC(C(CC2CCCCN2C)C2CCC(F)CC2)CC1.S. The number of hydrogen-bond acceptors (Lipinski definition) is 1. The van der Waals surface area contributed by atoms with Gasteiger partial charge in [-0.2, -0.15) is 13.5 Å². The molecule has 1 heterocycles. The predicted octanol–water partition coefficient (Wildman–Crippen LogP) is 5.94. The van der Waals surface area contributed by atoms with Gasteiger partial charge in [-0.1, -0.05) is 26.2 Å². The van der Waals surface area contributed by atoms with Gasteiger partial charge in [0.25, 0.3) is 0 Å². The van der Waals surface area contributed by atoms with E-state index in [1.807, 2.05) is 0 Å². The summed E-state index contributed by atoms with van der Waals surface area (Å²) in [5.41, 5.74) is 0. The Morgan fingerprint density at radius 3 is 2.04 bits per heavy atom. The minimum atomic E-state index is -0.504. The van der Waals surface area contributed by atoms with Gasteiger partial charge in [0.15, 0.2) is 0 Å². The fraction of sp³-hybridized carbons (Fsp3) is 1.00. The molecule has 0 radical (unpaired) electrons. The van der Waals surface area contributed by atoms with Crippen LogP contribution in [0.4, 0.5) is 4.39 Å². The number of alkyl halides is 1. The van der Waals surface area contributed by atoms with Gasteiger partial charge in [0.2, 0.25) is 0 Å². The Labute approximate surface area is 156 Å². The Balaban J connectivity index is 0.00000208. The highest BCUT2D eigenvalue weighted by Crippen LogP contribution is 2.44. The molecule has 1 saturated heterocycles. The van der Waals surface area contributed by atoms with Gasteiger partial charge in [-0.05, 0) is 95.1 Å². The van der Waals surface area contributed by atoms with Crippen LogP contribution in [0, 0.1) is 23.7 Å². The second-order valence-corrected chi connectivity index (χ2v) is 9.06. The Morgan fingerprint density at radius 2 is 1.46 bits per heavy atom. The summed E-state index contributed by atoms with van der Waals surface area (Å²) in [6, 6.07) is 0.802. The van der Waals surface area contributed by atoms with Crippen LogP contribution >= 0.6 is 13.5 Å². The summed E-state index contributed by atoms with van der Waals surface area (Å²) in [5.74, 6) is 3.56. The van der Waals surface area contributed by atoms with Gasteiger partial charge >= 0.3 is 0 Å². The molecule has 0 N–H and O–H groups in total. The van der Waals surface area contributed by atoms with E-state index in [9.17, 15) is 4.39 Å². The lowest BCUT2D eigenvalue weighted by Gasteiger charge is -2.43. The molecule has 2 unspecified atom stereocenters. The molecule has 2 aliphatic carbocycles. The van der Waals surface area contributed by atoms with Crippen LogP contribution in [0.25, 0.3) is 0 Å². The molecule has 0 bridgehead atoms. The number of likely N-dealkylation sites (tertiary alicyclic amines) is 1. The summed E-state index contributed by atoms with van der Waals surface area (Å²) in [6.07, 6.45) is 14.8. The monoisotopic (exact) mass is 357 g/mol. The van der Waals surface area contributed by atoms with Gasteiger partial charge in [-0.25, -0.2) is 4.39 Å². The molecule has 0 amide bonds. The van der Waals surface area contributed by atoms with Gasteiger partial charge in [-0.3, -0.25) is 0 Å². The third kappa shape index (κ3) is 5.37. The van der Waals surface area contributed by atoms with Crippen LogP contribution in [0.2, 0.25) is 0 Å². The lowest BCUT2D eigenvalue weighted by Crippen LogP contribution is -2.41. The molecule has 2 saturated carbocycles. The first-order valence-corrected chi connectivity index (χ1v) is 10.5. The van der Waals surface area contributed by atoms with Crippen molar-refractivity contribution in [2.75, 3.05) is 13.6 Å². The van der Waals surface area contributed by atoms with E-state index in [2.05, 4.69) is 18.9 Å². The van der Waals surface area contributed by atoms with E-state index in [1.165, 1.54) is 57.9 Å². The van der Waals surface area contributed by atoms with Gasteiger partial charge in [0.05, 0.1) is 0 Å². The number of nitrogens with zero attached hydrogens (tertiary/aromatic N) is 1. The summed E-state index contributed by atoms with van der Waals surface area (Å²) in [6.45, 7) is 3.71. The maximum absolute atomic E-state index is 13.6. The van der Waals surface area contributed by atoms with Crippen LogP contribution in [0.3, 0.4) is 0 Å². The fourth-order valence-electron chi connectivity index (χ4n) is 5.75. The molecule has 0 aromatic carbocycles. The van der Waals surface area contributed by atoms with Gasteiger partial charge in [0, 0.05) is 6.04 Å². The van der Waals surface area contributed by atoms with E-state index >= 15 is 0 Å². The van der Waals surface area contributed by atoms with E-state index in [1.54, 1.807) is 0 Å². The smallest absolute Gasteiger partial charge is 0.100 e. The molecule has 0 aromatic rings. The Hall–Kier alpha value is 0.240. The summed E-state index contributed by atoms with van der Waals surface area (Å²) >= 11 is 0. The number of piperidine rings is 1. The summed E-state index contributed by atoms with van der Waals surface area (Å²) in [5, 5.41) is 0. The second kappa shape index (κ2) is 9.80. The lowest BCUT2D eigenvalue weighted by atomic mass is 9.66. The first kappa shape index (κ1) is 20.6. The average Bonchev–Trinajstić information content (AvgIpc) is 2.56. The van der Waals surface area contributed by atoms with Crippen LogP contribution in [0.15, 0.2) is 0 Å². The molecular formula is C21H40FNS. The summed E-state index contributed by atoms with van der Waals surface area (Å²) in [7, 11) is 2.34. The van der Waals surface area contributed by atoms with Crippen molar-refractivity contribution in [2.24, 2.45) is 23.7 Å². The average molecular weight is 358 g/mol. The van der Waals surface area contributed by atoms with Gasteiger partial charge in [0.1, 0.15) is 6.17 Å². The fourth-order valence-corrected chi connectivity index (χ4v) is 5.75. The van der Waals surface area contributed by atoms with Crippen molar-refractivity contribution in [1.29, 1.82) is 0 Å². The summed E-state index contributed by atoms with van der Waals surface area (Å²) < 4.78 is 13.6. The van der Waals surface area contributed by atoms with E-state index in [0.717, 1.165) is 55.4 Å².